The molecule has 0 amide bonds. The second-order valence-electron chi connectivity index (χ2n) is 4.34. The standard InChI is InChI=1S/C14H14BrFN2O2/c1-8-14(20)11(9(7-19)5-17-8)6-18-10-2-3-13(16)12(15)4-10/h2-5,18-20H,6-7H2,1H3. The van der Waals surface area contributed by atoms with Crippen LogP contribution in [0.3, 0.4) is 0 Å². The van der Waals surface area contributed by atoms with Gasteiger partial charge in [0.2, 0.25) is 0 Å². The average Bonchev–Trinajstić information content (AvgIpc) is 2.44. The van der Waals surface area contributed by atoms with Crippen LogP contribution < -0.4 is 5.32 Å². The number of nitrogens with zero attached hydrogens (tertiary/aromatic N) is 1. The third-order valence-electron chi connectivity index (χ3n) is 2.99. The molecule has 1 heterocycles. The molecule has 0 aliphatic heterocycles. The fourth-order valence-electron chi connectivity index (χ4n) is 1.81. The summed E-state index contributed by atoms with van der Waals surface area (Å²) in [5.41, 5.74) is 2.34. The molecule has 0 radical (unpaired) electrons. The minimum atomic E-state index is -0.339. The monoisotopic (exact) mass is 340 g/mol. The highest BCUT2D eigenvalue weighted by Crippen LogP contribution is 2.26. The number of benzene rings is 1. The Kier molecular flexibility index (Phi) is 4.57. The van der Waals surface area contributed by atoms with E-state index >= 15 is 0 Å². The van der Waals surface area contributed by atoms with E-state index in [1.54, 1.807) is 19.1 Å². The summed E-state index contributed by atoms with van der Waals surface area (Å²) in [7, 11) is 0. The van der Waals surface area contributed by atoms with Crippen molar-refractivity contribution in [2.45, 2.75) is 20.1 Å². The third-order valence-corrected chi connectivity index (χ3v) is 3.60. The zero-order valence-electron chi connectivity index (χ0n) is 10.8. The maximum atomic E-state index is 13.1. The molecule has 0 aliphatic carbocycles. The Morgan fingerprint density at radius 3 is 2.80 bits per heavy atom. The molecule has 6 heteroatoms. The van der Waals surface area contributed by atoms with Gasteiger partial charge in [-0.1, -0.05) is 0 Å². The lowest BCUT2D eigenvalue weighted by Gasteiger charge is -2.13. The molecule has 0 unspecified atom stereocenters. The van der Waals surface area contributed by atoms with Crippen molar-refractivity contribution in [1.82, 2.24) is 4.98 Å². The minimum Gasteiger partial charge on any atom is -0.506 e. The van der Waals surface area contributed by atoms with Crippen LogP contribution >= 0.6 is 15.9 Å². The van der Waals surface area contributed by atoms with Crippen LogP contribution in [0.25, 0.3) is 0 Å². The zero-order valence-corrected chi connectivity index (χ0v) is 12.4. The fraction of sp³-hybridized carbons (Fsp3) is 0.214. The molecule has 0 bridgehead atoms. The lowest BCUT2D eigenvalue weighted by molar-refractivity contribution is 0.279. The normalized spacial score (nSPS) is 10.6. The van der Waals surface area contributed by atoms with Gasteiger partial charge in [0.15, 0.2) is 0 Å². The first kappa shape index (κ1) is 14.7. The number of hydrogen-bond donors (Lipinski definition) is 3. The molecule has 2 rings (SSSR count). The third kappa shape index (κ3) is 3.08. The first-order chi connectivity index (χ1) is 9.52. The van der Waals surface area contributed by atoms with Gasteiger partial charge >= 0.3 is 0 Å². The fourth-order valence-corrected chi connectivity index (χ4v) is 2.19. The molecule has 2 aromatic rings. The molecule has 0 fully saturated rings. The van der Waals surface area contributed by atoms with Crippen LogP contribution in [0.2, 0.25) is 0 Å². The molecular weight excluding hydrogens is 327 g/mol. The van der Waals surface area contributed by atoms with Gasteiger partial charge in [0.1, 0.15) is 11.6 Å². The number of halogens is 2. The average molecular weight is 341 g/mol. The van der Waals surface area contributed by atoms with Gasteiger partial charge in [0.25, 0.3) is 0 Å². The zero-order chi connectivity index (χ0) is 14.7. The van der Waals surface area contributed by atoms with Crippen LogP contribution in [0, 0.1) is 12.7 Å². The molecule has 3 N–H and O–H groups in total. The van der Waals surface area contributed by atoms with E-state index in [9.17, 15) is 14.6 Å². The summed E-state index contributed by atoms with van der Waals surface area (Å²) >= 11 is 3.11. The molecule has 1 aromatic heterocycles. The van der Waals surface area contributed by atoms with E-state index in [1.165, 1.54) is 12.3 Å². The van der Waals surface area contributed by atoms with Crippen molar-refractivity contribution in [2.75, 3.05) is 5.32 Å². The summed E-state index contributed by atoms with van der Waals surface area (Å²) < 4.78 is 13.5. The molecule has 0 aliphatic rings. The number of aliphatic hydroxyl groups is 1. The van der Waals surface area contributed by atoms with Gasteiger partial charge in [-0.05, 0) is 41.1 Å². The van der Waals surface area contributed by atoms with E-state index in [1.807, 2.05) is 0 Å². The molecule has 0 saturated carbocycles. The smallest absolute Gasteiger partial charge is 0.142 e. The number of nitrogens with one attached hydrogen (secondary N) is 1. The highest BCUT2D eigenvalue weighted by molar-refractivity contribution is 9.10. The molecule has 0 atom stereocenters. The van der Waals surface area contributed by atoms with Crippen molar-refractivity contribution >= 4 is 21.6 Å². The van der Waals surface area contributed by atoms with Gasteiger partial charge < -0.3 is 15.5 Å². The van der Waals surface area contributed by atoms with E-state index in [-0.39, 0.29) is 18.2 Å². The highest BCUT2D eigenvalue weighted by atomic mass is 79.9. The largest absolute Gasteiger partial charge is 0.506 e. The lowest BCUT2D eigenvalue weighted by atomic mass is 10.1. The Bertz CT molecular complexity index is 635. The summed E-state index contributed by atoms with van der Waals surface area (Å²) in [5, 5.41) is 22.4. The number of aryl methyl sites for hydroxylation is 1. The van der Waals surface area contributed by atoms with E-state index in [4.69, 9.17) is 0 Å². The second-order valence-corrected chi connectivity index (χ2v) is 5.19. The number of aliphatic hydroxyl groups excluding tert-OH is 1. The maximum absolute atomic E-state index is 13.1. The van der Waals surface area contributed by atoms with Crippen LogP contribution in [-0.2, 0) is 13.2 Å². The van der Waals surface area contributed by atoms with Crippen LogP contribution in [-0.4, -0.2) is 15.2 Å². The molecule has 4 nitrogen and oxygen atoms in total. The van der Waals surface area contributed by atoms with Crippen molar-refractivity contribution < 1.29 is 14.6 Å². The first-order valence-electron chi connectivity index (χ1n) is 5.99. The van der Waals surface area contributed by atoms with Crippen molar-refractivity contribution in [1.29, 1.82) is 0 Å². The Hall–Kier alpha value is -1.66. The number of rotatable bonds is 4. The van der Waals surface area contributed by atoms with Crippen molar-refractivity contribution in [3.8, 4) is 5.75 Å². The van der Waals surface area contributed by atoms with Crippen molar-refractivity contribution in [3.05, 3.63) is 51.5 Å². The molecular formula is C14H14BrFN2O2. The summed E-state index contributed by atoms with van der Waals surface area (Å²) in [5.74, 6) is -0.278. The lowest BCUT2D eigenvalue weighted by Crippen LogP contribution is -2.05. The number of aromatic nitrogens is 1. The summed E-state index contributed by atoms with van der Waals surface area (Å²) in [6.07, 6.45) is 1.53. The maximum Gasteiger partial charge on any atom is 0.142 e. The Labute approximate surface area is 124 Å². The minimum absolute atomic E-state index is 0.0604. The molecule has 0 spiro atoms. The van der Waals surface area contributed by atoms with E-state index in [2.05, 4.69) is 26.2 Å². The van der Waals surface area contributed by atoms with Crippen LogP contribution in [0.5, 0.6) is 5.75 Å². The van der Waals surface area contributed by atoms with Crippen molar-refractivity contribution in [2.24, 2.45) is 0 Å². The van der Waals surface area contributed by atoms with E-state index in [0.717, 1.165) is 0 Å². The van der Waals surface area contributed by atoms with Crippen LogP contribution in [0.4, 0.5) is 10.1 Å². The number of anilines is 1. The van der Waals surface area contributed by atoms with Crippen LogP contribution in [0.1, 0.15) is 16.8 Å². The predicted octanol–water partition coefficient (Wildman–Crippen LogP) is 3.10. The summed E-state index contributed by atoms with van der Waals surface area (Å²) in [6, 6.07) is 4.56. The first-order valence-corrected chi connectivity index (χ1v) is 6.78. The number of aromatic hydroxyl groups is 1. The van der Waals surface area contributed by atoms with Crippen molar-refractivity contribution in [3.63, 3.8) is 0 Å². The van der Waals surface area contributed by atoms with Gasteiger partial charge in [-0.15, -0.1) is 0 Å². The van der Waals surface area contributed by atoms with Gasteiger partial charge in [0.05, 0.1) is 16.8 Å². The van der Waals surface area contributed by atoms with Crippen LogP contribution in [0.15, 0.2) is 28.9 Å². The Morgan fingerprint density at radius 2 is 2.15 bits per heavy atom. The summed E-state index contributed by atoms with van der Waals surface area (Å²) in [6.45, 7) is 1.79. The quantitative estimate of drug-likeness (QED) is 0.800. The summed E-state index contributed by atoms with van der Waals surface area (Å²) in [4.78, 5) is 4.00. The van der Waals surface area contributed by atoms with Gasteiger partial charge in [-0.2, -0.15) is 0 Å². The molecule has 106 valence electrons. The van der Waals surface area contributed by atoms with E-state index < -0.39 is 0 Å². The van der Waals surface area contributed by atoms with E-state index in [0.29, 0.717) is 33.5 Å². The Morgan fingerprint density at radius 1 is 1.40 bits per heavy atom. The second kappa shape index (κ2) is 6.19. The van der Waals surface area contributed by atoms with Gasteiger partial charge in [-0.25, -0.2) is 4.39 Å². The molecule has 0 saturated heterocycles. The SMILES string of the molecule is Cc1ncc(CO)c(CNc2ccc(F)c(Br)c2)c1O. The predicted molar refractivity (Wildman–Crippen MR) is 78.0 cm³/mol. The number of pyridine rings is 1. The highest BCUT2D eigenvalue weighted by Gasteiger charge is 2.11. The molecule has 1 aromatic carbocycles. The van der Waals surface area contributed by atoms with Gasteiger partial charge in [0, 0.05) is 29.6 Å². The number of hydrogen-bond acceptors (Lipinski definition) is 4. The molecule has 20 heavy (non-hydrogen) atoms. The topological polar surface area (TPSA) is 65.4 Å². The van der Waals surface area contributed by atoms with Gasteiger partial charge in [-0.3, -0.25) is 4.98 Å². The Balaban J connectivity index is 2.22.